The number of halogens is 3. The molecule has 1 heterocycles. The number of hydrogen-bond donors (Lipinski definition) is 3. The van der Waals surface area contributed by atoms with Crippen molar-refractivity contribution < 1.29 is 9.90 Å². The van der Waals surface area contributed by atoms with Gasteiger partial charge in [0.25, 0.3) is 0 Å². The van der Waals surface area contributed by atoms with Gasteiger partial charge in [0.1, 0.15) is 16.3 Å². The number of thiol groups is 1. The Morgan fingerprint density at radius 1 is 1.47 bits per heavy atom. The Morgan fingerprint density at radius 2 is 2.00 bits per heavy atom. The van der Waals surface area contributed by atoms with Crippen LogP contribution in [0.2, 0.25) is 10.3 Å². The Labute approximate surface area is 121 Å². The molecule has 2 N–H and O–H groups in total. The average Bonchev–Trinajstić information content (AvgIpc) is 2.16. The van der Waals surface area contributed by atoms with Gasteiger partial charge < -0.3 is 5.11 Å². The van der Waals surface area contributed by atoms with Crippen molar-refractivity contribution >= 4 is 54.2 Å². The number of carbonyl (C=O) groups is 1. The largest absolute Gasteiger partial charge is 0.480 e. The number of hydrogen-bond acceptors (Lipinski definition) is 4. The zero-order chi connectivity index (χ0) is 12.1. The monoisotopic (exact) mass is 316 g/mol. The lowest BCUT2D eigenvalue weighted by atomic mass is 10.2. The minimum atomic E-state index is -0.943. The van der Waals surface area contributed by atoms with Crippen LogP contribution in [0.3, 0.4) is 0 Å². The van der Waals surface area contributed by atoms with Crippen molar-refractivity contribution in [1.29, 1.82) is 0 Å². The molecule has 1 atom stereocenters. The molecule has 0 amide bonds. The van der Waals surface area contributed by atoms with Crippen LogP contribution >= 0.6 is 48.2 Å². The quantitative estimate of drug-likeness (QED) is 0.576. The maximum absolute atomic E-state index is 10.7. The van der Waals surface area contributed by atoms with Gasteiger partial charge in [-0.3, -0.25) is 10.1 Å². The van der Waals surface area contributed by atoms with Crippen molar-refractivity contribution in [3.8, 4) is 0 Å². The smallest absolute Gasteiger partial charge is 0.321 e. The van der Waals surface area contributed by atoms with E-state index in [2.05, 4.69) is 22.9 Å². The van der Waals surface area contributed by atoms with E-state index in [0.29, 0.717) is 6.54 Å². The third-order valence-corrected chi connectivity index (χ3v) is 2.61. The van der Waals surface area contributed by atoms with Gasteiger partial charge in [-0.2, -0.15) is 12.6 Å². The van der Waals surface area contributed by atoms with Crippen LogP contribution in [-0.4, -0.2) is 27.9 Å². The number of nitrogens with zero attached hydrogens (tertiary/aromatic N) is 1. The van der Waals surface area contributed by atoms with E-state index >= 15 is 0 Å². The van der Waals surface area contributed by atoms with Gasteiger partial charge in [0.2, 0.25) is 0 Å². The second-order valence-electron chi connectivity index (χ2n) is 3.08. The zero-order valence-corrected chi connectivity index (χ0v) is 11.8. The van der Waals surface area contributed by atoms with Crippen LogP contribution in [0.25, 0.3) is 0 Å². The molecule has 96 valence electrons. The molecule has 1 aromatic rings. The van der Waals surface area contributed by atoms with E-state index in [1.807, 2.05) is 0 Å². The summed E-state index contributed by atoms with van der Waals surface area (Å²) in [5.41, 5.74) is 0.776. The number of rotatable bonds is 5. The summed E-state index contributed by atoms with van der Waals surface area (Å²) in [6.07, 6.45) is 0. The Balaban J connectivity index is 0.00000256. The third kappa shape index (κ3) is 5.79. The number of aromatic nitrogens is 1. The average molecular weight is 318 g/mol. The fourth-order valence-electron chi connectivity index (χ4n) is 1.09. The summed E-state index contributed by atoms with van der Waals surface area (Å²) in [5, 5.41) is 12.2. The van der Waals surface area contributed by atoms with Gasteiger partial charge in [-0.1, -0.05) is 23.2 Å². The first-order valence-electron chi connectivity index (χ1n) is 4.42. The van der Waals surface area contributed by atoms with Gasteiger partial charge in [0, 0.05) is 12.3 Å². The summed E-state index contributed by atoms with van der Waals surface area (Å²) in [5.74, 6) is -0.733. The van der Waals surface area contributed by atoms with E-state index < -0.39 is 12.0 Å². The van der Waals surface area contributed by atoms with Gasteiger partial charge in [-0.25, -0.2) is 4.98 Å². The number of pyridine rings is 1. The molecule has 0 bridgehead atoms. The standard InChI is InChI=1S/C9H10Cl2N2O2S.ClH/c10-7-1-5(2-8(11)13-7)3-12-6(4-16)9(14)15;/h1-2,6,12,16H,3-4H2,(H,14,15);1H/t6-;/m0./s1. The summed E-state index contributed by atoms with van der Waals surface area (Å²) >= 11 is 15.3. The lowest BCUT2D eigenvalue weighted by Gasteiger charge is -2.11. The molecule has 0 radical (unpaired) electrons. The Kier molecular flexibility index (Phi) is 7.91. The topological polar surface area (TPSA) is 62.2 Å². The lowest BCUT2D eigenvalue weighted by molar-refractivity contribution is -0.138. The van der Waals surface area contributed by atoms with Crippen LogP contribution in [0, 0.1) is 0 Å². The second-order valence-corrected chi connectivity index (χ2v) is 4.21. The molecular weight excluding hydrogens is 307 g/mol. The normalized spacial score (nSPS) is 11.7. The minimum absolute atomic E-state index is 0. The summed E-state index contributed by atoms with van der Waals surface area (Å²) in [6.45, 7) is 0.347. The molecular formula is C9H11Cl3N2O2S. The highest BCUT2D eigenvalue weighted by Gasteiger charge is 2.14. The highest BCUT2D eigenvalue weighted by atomic mass is 35.5. The van der Waals surface area contributed by atoms with E-state index in [1.54, 1.807) is 12.1 Å². The Bertz CT molecular complexity index is 372. The maximum atomic E-state index is 10.7. The number of carboxylic acid groups (broad SMARTS) is 1. The Morgan fingerprint density at radius 3 is 2.41 bits per heavy atom. The van der Waals surface area contributed by atoms with Gasteiger partial charge >= 0.3 is 5.97 Å². The molecule has 0 spiro atoms. The van der Waals surface area contributed by atoms with E-state index in [9.17, 15) is 4.79 Å². The molecule has 0 aliphatic carbocycles. The minimum Gasteiger partial charge on any atom is -0.480 e. The first kappa shape index (κ1) is 16.8. The van der Waals surface area contributed by atoms with E-state index in [4.69, 9.17) is 28.3 Å². The highest BCUT2D eigenvalue weighted by Crippen LogP contribution is 2.14. The first-order valence-corrected chi connectivity index (χ1v) is 5.80. The molecule has 0 aliphatic heterocycles. The van der Waals surface area contributed by atoms with E-state index in [-0.39, 0.29) is 28.5 Å². The van der Waals surface area contributed by atoms with Crippen molar-refractivity contribution in [2.75, 3.05) is 5.75 Å². The number of nitrogens with one attached hydrogen (secondary N) is 1. The predicted octanol–water partition coefficient (Wildman–Crippen LogP) is 2.28. The van der Waals surface area contributed by atoms with Crippen molar-refractivity contribution in [2.45, 2.75) is 12.6 Å². The SMILES string of the molecule is Cl.O=C(O)[C@H](CS)NCc1cc(Cl)nc(Cl)c1. The molecule has 0 unspecified atom stereocenters. The van der Waals surface area contributed by atoms with Crippen molar-refractivity contribution in [1.82, 2.24) is 10.3 Å². The summed E-state index contributed by atoms with van der Waals surface area (Å²) in [4.78, 5) is 14.5. The van der Waals surface area contributed by atoms with Crippen LogP contribution in [0.1, 0.15) is 5.56 Å². The molecule has 4 nitrogen and oxygen atoms in total. The highest BCUT2D eigenvalue weighted by molar-refractivity contribution is 7.80. The third-order valence-electron chi connectivity index (χ3n) is 1.86. The summed E-state index contributed by atoms with van der Waals surface area (Å²) in [7, 11) is 0. The second kappa shape index (κ2) is 8.00. The zero-order valence-electron chi connectivity index (χ0n) is 8.56. The van der Waals surface area contributed by atoms with Crippen molar-refractivity contribution in [3.05, 3.63) is 28.0 Å². The van der Waals surface area contributed by atoms with Crippen molar-refractivity contribution in [2.24, 2.45) is 0 Å². The number of aliphatic carboxylic acids is 1. The fourth-order valence-corrected chi connectivity index (χ4v) is 1.88. The number of carboxylic acids is 1. The maximum Gasteiger partial charge on any atom is 0.321 e. The molecule has 0 saturated carbocycles. The van der Waals surface area contributed by atoms with Crippen LogP contribution in [0.5, 0.6) is 0 Å². The van der Waals surface area contributed by atoms with Crippen molar-refractivity contribution in [3.63, 3.8) is 0 Å². The molecule has 0 aliphatic rings. The molecule has 0 saturated heterocycles. The summed E-state index contributed by atoms with van der Waals surface area (Å²) in [6, 6.07) is 2.55. The molecule has 1 rings (SSSR count). The molecule has 17 heavy (non-hydrogen) atoms. The molecule has 0 fully saturated rings. The van der Waals surface area contributed by atoms with E-state index in [0.717, 1.165) is 5.56 Å². The van der Waals surface area contributed by atoms with Crippen LogP contribution in [0.15, 0.2) is 12.1 Å². The molecule has 1 aromatic heterocycles. The first-order chi connectivity index (χ1) is 7.52. The van der Waals surface area contributed by atoms with Crippen LogP contribution in [0.4, 0.5) is 0 Å². The van der Waals surface area contributed by atoms with Gasteiger partial charge in [0.15, 0.2) is 0 Å². The molecule has 0 aromatic carbocycles. The van der Waals surface area contributed by atoms with Crippen LogP contribution in [-0.2, 0) is 11.3 Å². The fraction of sp³-hybridized carbons (Fsp3) is 0.333. The van der Waals surface area contributed by atoms with Gasteiger partial charge in [-0.05, 0) is 17.7 Å². The summed E-state index contributed by atoms with van der Waals surface area (Å²) < 4.78 is 0. The van der Waals surface area contributed by atoms with Crippen LogP contribution < -0.4 is 5.32 Å². The van der Waals surface area contributed by atoms with Gasteiger partial charge in [-0.15, -0.1) is 12.4 Å². The lowest BCUT2D eigenvalue weighted by Crippen LogP contribution is -2.37. The van der Waals surface area contributed by atoms with E-state index in [1.165, 1.54) is 0 Å². The van der Waals surface area contributed by atoms with Gasteiger partial charge in [0.05, 0.1) is 0 Å². The predicted molar refractivity (Wildman–Crippen MR) is 73.6 cm³/mol. The molecule has 8 heteroatoms. The Hall–Kier alpha value is -0.200.